The average Bonchev–Trinajstić information content (AvgIpc) is 2.95. The fourth-order valence-corrected chi connectivity index (χ4v) is 1.94. The Morgan fingerprint density at radius 1 is 1.16 bits per heavy atom. The highest BCUT2D eigenvalue weighted by Gasteiger charge is 2.38. The molecule has 0 aliphatic carbocycles. The van der Waals surface area contributed by atoms with E-state index >= 15 is 0 Å². The number of ether oxygens (including phenoxy) is 2. The van der Waals surface area contributed by atoms with Crippen molar-refractivity contribution in [2.75, 3.05) is 13.2 Å². The Balaban J connectivity index is 1.95. The first-order valence-corrected chi connectivity index (χ1v) is 6.10. The van der Waals surface area contributed by atoms with Crippen LogP contribution in [0.15, 0.2) is 30.3 Å². The van der Waals surface area contributed by atoms with Crippen LogP contribution in [0, 0.1) is 0 Å². The molecule has 5 atom stereocenters. The van der Waals surface area contributed by atoms with Crippen LogP contribution < -0.4 is 0 Å². The Kier molecular flexibility index (Phi) is 4.87. The van der Waals surface area contributed by atoms with Crippen LogP contribution in [-0.2, 0) is 9.47 Å². The molecule has 0 bridgehead atoms. The zero-order chi connectivity index (χ0) is 13.8. The highest BCUT2D eigenvalue weighted by atomic mass is 16.7. The van der Waals surface area contributed by atoms with Crippen molar-refractivity contribution in [1.29, 1.82) is 0 Å². The lowest BCUT2D eigenvalue weighted by molar-refractivity contribution is -0.134. The molecule has 1 heterocycles. The number of benzene rings is 1. The van der Waals surface area contributed by atoms with Crippen molar-refractivity contribution in [3.05, 3.63) is 35.9 Å². The average molecular weight is 270 g/mol. The van der Waals surface area contributed by atoms with E-state index < -0.39 is 37.3 Å². The van der Waals surface area contributed by atoms with E-state index in [0.717, 1.165) is 5.56 Å². The highest BCUT2D eigenvalue weighted by Crippen LogP contribution is 2.29. The summed E-state index contributed by atoms with van der Waals surface area (Å²) >= 11 is 0. The van der Waals surface area contributed by atoms with Crippen molar-refractivity contribution in [2.45, 2.75) is 30.7 Å². The van der Waals surface area contributed by atoms with Crippen LogP contribution in [-0.4, -0.2) is 58.1 Å². The highest BCUT2D eigenvalue weighted by molar-refractivity contribution is 5.16. The molecule has 0 spiro atoms. The lowest BCUT2D eigenvalue weighted by Crippen LogP contribution is -2.46. The van der Waals surface area contributed by atoms with Gasteiger partial charge in [-0.15, -0.1) is 0 Å². The van der Waals surface area contributed by atoms with E-state index in [1.54, 1.807) is 0 Å². The summed E-state index contributed by atoms with van der Waals surface area (Å²) in [6.07, 6.45) is -5.56. The summed E-state index contributed by atoms with van der Waals surface area (Å²) in [6.45, 7) is -0.524. The number of hydrogen-bond donors (Lipinski definition) is 4. The lowest BCUT2D eigenvalue weighted by atomic mass is 10.0. The third kappa shape index (κ3) is 3.30. The molecule has 106 valence electrons. The Morgan fingerprint density at radius 2 is 1.84 bits per heavy atom. The van der Waals surface area contributed by atoms with Gasteiger partial charge in [0.15, 0.2) is 6.29 Å². The Labute approximate surface area is 110 Å². The van der Waals surface area contributed by atoms with Gasteiger partial charge in [0.2, 0.25) is 0 Å². The van der Waals surface area contributed by atoms with Gasteiger partial charge >= 0.3 is 0 Å². The van der Waals surface area contributed by atoms with Crippen molar-refractivity contribution in [3.63, 3.8) is 0 Å². The lowest BCUT2D eigenvalue weighted by Gasteiger charge is -2.25. The van der Waals surface area contributed by atoms with Gasteiger partial charge in [0.05, 0.1) is 13.2 Å². The molecule has 6 heteroatoms. The summed E-state index contributed by atoms with van der Waals surface area (Å²) < 4.78 is 10.9. The summed E-state index contributed by atoms with van der Waals surface area (Å²) in [7, 11) is 0. The molecule has 1 aliphatic heterocycles. The van der Waals surface area contributed by atoms with Crippen LogP contribution in [0.4, 0.5) is 0 Å². The topological polar surface area (TPSA) is 99.4 Å². The fourth-order valence-electron chi connectivity index (χ4n) is 1.94. The zero-order valence-electron chi connectivity index (χ0n) is 10.3. The molecule has 1 aromatic rings. The van der Waals surface area contributed by atoms with Gasteiger partial charge in [0.1, 0.15) is 24.4 Å². The van der Waals surface area contributed by atoms with Crippen LogP contribution >= 0.6 is 0 Å². The number of rotatable bonds is 5. The molecule has 1 aromatic carbocycles. The van der Waals surface area contributed by atoms with E-state index in [9.17, 15) is 15.3 Å². The van der Waals surface area contributed by atoms with Gasteiger partial charge in [-0.3, -0.25) is 0 Å². The van der Waals surface area contributed by atoms with E-state index in [1.165, 1.54) is 0 Å². The molecule has 1 aliphatic rings. The molecule has 1 saturated heterocycles. The standard InChI is InChI=1S/C13H18O6/c14-6-9(15)11(16)12(17)10-7-18-13(19-10)8-4-2-1-3-5-8/h1-5,9-17H,6-7H2/t9-,10+,11+,12+,13?/m0/s1. The number of aliphatic hydroxyl groups excluding tert-OH is 4. The van der Waals surface area contributed by atoms with Gasteiger partial charge in [-0.05, 0) is 0 Å². The van der Waals surface area contributed by atoms with Crippen LogP contribution in [0.3, 0.4) is 0 Å². The zero-order valence-corrected chi connectivity index (χ0v) is 10.3. The second-order valence-corrected chi connectivity index (χ2v) is 4.48. The molecule has 4 N–H and O–H groups in total. The quantitative estimate of drug-likeness (QED) is 0.558. The minimum Gasteiger partial charge on any atom is -0.394 e. The van der Waals surface area contributed by atoms with E-state index in [4.69, 9.17) is 14.6 Å². The minimum atomic E-state index is -1.48. The second-order valence-electron chi connectivity index (χ2n) is 4.48. The molecule has 0 radical (unpaired) electrons. The monoisotopic (exact) mass is 270 g/mol. The first-order chi connectivity index (χ1) is 9.13. The smallest absolute Gasteiger partial charge is 0.184 e. The summed E-state index contributed by atoms with van der Waals surface area (Å²) in [5, 5.41) is 37.5. The Morgan fingerprint density at radius 3 is 2.47 bits per heavy atom. The Hall–Kier alpha value is -1.02. The van der Waals surface area contributed by atoms with Gasteiger partial charge in [-0.1, -0.05) is 30.3 Å². The maximum Gasteiger partial charge on any atom is 0.184 e. The van der Waals surface area contributed by atoms with E-state index in [2.05, 4.69) is 0 Å². The SMILES string of the molecule is OC[C@H](O)[C@@H](O)[C@H](O)[C@H]1COC(c2ccccc2)O1. The fraction of sp³-hybridized carbons (Fsp3) is 0.538. The summed E-state index contributed by atoms with van der Waals surface area (Å²) in [6, 6.07) is 9.22. The van der Waals surface area contributed by atoms with Crippen molar-refractivity contribution in [2.24, 2.45) is 0 Å². The van der Waals surface area contributed by atoms with Crippen molar-refractivity contribution in [3.8, 4) is 0 Å². The first-order valence-electron chi connectivity index (χ1n) is 6.10. The number of aliphatic hydroxyl groups is 4. The molecular formula is C13H18O6. The summed E-state index contributed by atoms with van der Waals surface area (Å²) in [5.74, 6) is 0. The van der Waals surface area contributed by atoms with E-state index in [1.807, 2.05) is 30.3 Å². The first kappa shape index (κ1) is 14.4. The molecule has 2 rings (SSSR count). The Bertz CT molecular complexity index is 384. The van der Waals surface area contributed by atoms with E-state index in [-0.39, 0.29) is 6.61 Å². The predicted octanol–water partition coefficient (Wildman–Crippen LogP) is -0.824. The maximum absolute atomic E-state index is 9.86. The van der Waals surface area contributed by atoms with Crippen molar-refractivity contribution >= 4 is 0 Å². The molecular weight excluding hydrogens is 252 g/mol. The molecule has 1 fully saturated rings. The van der Waals surface area contributed by atoms with Gasteiger partial charge < -0.3 is 29.9 Å². The van der Waals surface area contributed by atoms with Gasteiger partial charge in [0.25, 0.3) is 0 Å². The normalized spacial score (nSPS) is 28.0. The molecule has 6 nitrogen and oxygen atoms in total. The van der Waals surface area contributed by atoms with Gasteiger partial charge in [0, 0.05) is 5.56 Å². The molecule has 0 saturated carbocycles. The minimum absolute atomic E-state index is 0.107. The second kappa shape index (κ2) is 6.42. The van der Waals surface area contributed by atoms with Crippen LogP contribution in [0.2, 0.25) is 0 Å². The molecule has 0 aromatic heterocycles. The largest absolute Gasteiger partial charge is 0.394 e. The van der Waals surface area contributed by atoms with Crippen molar-refractivity contribution in [1.82, 2.24) is 0 Å². The molecule has 19 heavy (non-hydrogen) atoms. The van der Waals surface area contributed by atoms with Gasteiger partial charge in [-0.25, -0.2) is 0 Å². The molecule has 0 amide bonds. The predicted molar refractivity (Wildman–Crippen MR) is 65.1 cm³/mol. The van der Waals surface area contributed by atoms with E-state index in [0.29, 0.717) is 0 Å². The van der Waals surface area contributed by atoms with Crippen LogP contribution in [0.5, 0.6) is 0 Å². The third-order valence-corrected chi connectivity index (χ3v) is 3.09. The van der Waals surface area contributed by atoms with Crippen LogP contribution in [0.25, 0.3) is 0 Å². The number of hydrogen-bond acceptors (Lipinski definition) is 6. The van der Waals surface area contributed by atoms with Crippen molar-refractivity contribution < 1.29 is 29.9 Å². The molecule has 1 unspecified atom stereocenters. The van der Waals surface area contributed by atoms with Crippen LogP contribution in [0.1, 0.15) is 11.9 Å². The van der Waals surface area contributed by atoms with Gasteiger partial charge in [-0.2, -0.15) is 0 Å². The third-order valence-electron chi connectivity index (χ3n) is 3.09. The summed E-state index contributed by atoms with van der Waals surface area (Å²) in [5.41, 5.74) is 0.814. The maximum atomic E-state index is 9.86. The summed E-state index contributed by atoms with van der Waals surface area (Å²) in [4.78, 5) is 0.